The Bertz CT molecular complexity index is 1350. The molecule has 0 amide bonds. The number of hydrogen-bond donors (Lipinski definition) is 0. The molecule has 0 nitrogen and oxygen atoms in total. The van der Waals surface area contributed by atoms with Gasteiger partial charge < -0.3 is 0 Å². The molecule has 0 unspecified atom stereocenters. The number of fused-ring (bicyclic) bond motifs is 3. The minimum atomic E-state index is -1.73. The van der Waals surface area contributed by atoms with Gasteiger partial charge in [-0.15, -0.1) is 0 Å². The van der Waals surface area contributed by atoms with Gasteiger partial charge >= 0.3 is 0 Å². The zero-order chi connectivity index (χ0) is 26.1. The van der Waals surface area contributed by atoms with Crippen molar-refractivity contribution < 1.29 is 30.7 Å². The van der Waals surface area contributed by atoms with Gasteiger partial charge in [-0.1, -0.05) is 51.3 Å². The zero-order valence-electron chi connectivity index (χ0n) is 20.0. The molecule has 4 rings (SSSR count). The maximum atomic E-state index is 15.1. The molecule has 0 heterocycles. The fourth-order valence-corrected chi connectivity index (χ4v) is 4.75. The fraction of sp³-hybridized carbons (Fsp3) is 0.310. The Balaban J connectivity index is 1.75. The molecule has 36 heavy (non-hydrogen) atoms. The summed E-state index contributed by atoms with van der Waals surface area (Å²) in [6.45, 7) is 3.79. The SMILES string of the molecule is CCCCCc1ccc(/C(F)=C(\F)c2cc3c(c(F)c2F)-c2c(cc(CCC)c(F)c2F)C3)cc1F. The van der Waals surface area contributed by atoms with E-state index in [4.69, 9.17) is 0 Å². The molecule has 0 bridgehead atoms. The first-order valence-electron chi connectivity index (χ1n) is 12.0. The first kappa shape index (κ1) is 26.0. The smallest absolute Gasteiger partial charge is 0.169 e. The van der Waals surface area contributed by atoms with Crippen molar-refractivity contribution in [2.45, 2.75) is 58.8 Å². The van der Waals surface area contributed by atoms with Gasteiger partial charge in [-0.2, -0.15) is 0 Å². The summed E-state index contributed by atoms with van der Waals surface area (Å²) in [6, 6.07) is 5.64. The van der Waals surface area contributed by atoms with Crippen LogP contribution in [0.15, 0.2) is 30.3 Å². The number of halogens is 7. The Morgan fingerprint density at radius 3 is 1.97 bits per heavy atom. The van der Waals surface area contributed by atoms with E-state index in [0.717, 1.165) is 31.4 Å². The van der Waals surface area contributed by atoms with Crippen molar-refractivity contribution in [2.24, 2.45) is 0 Å². The van der Waals surface area contributed by atoms with Crippen molar-refractivity contribution in [3.63, 3.8) is 0 Å². The fourth-order valence-electron chi connectivity index (χ4n) is 4.75. The second kappa shape index (κ2) is 10.5. The van der Waals surface area contributed by atoms with E-state index in [1.165, 1.54) is 18.2 Å². The molecule has 0 saturated heterocycles. The lowest BCUT2D eigenvalue weighted by Crippen LogP contribution is -2.01. The van der Waals surface area contributed by atoms with Crippen LogP contribution in [0.3, 0.4) is 0 Å². The molecule has 3 aromatic rings. The Morgan fingerprint density at radius 1 is 0.667 bits per heavy atom. The lowest BCUT2D eigenvalue weighted by Gasteiger charge is -2.11. The third-order valence-corrected chi connectivity index (χ3v) is 6.59. The topological polar surface area (TPSA) is 0 Å². The van der Waals surface area contributed by atoms with Gasteiger partial charge in [-0.25, -0.2) is 30.7 Å². The number of benzene rings is 3. The highest BCUT2D eigenvalue weighted by Gasteiger charge is 2.33. The van der Waals surface area contributed by atoms with Crippen LogP contribution in [-0.2, 0) is 19.3 Å². The summed E-state index contributed by atoms with van der Waals surface area (Å²) >= 11 is 0. The van der Waals surface area contributed by atoms with E-state index in [2.05, 4.69) is 0 Å². The first-order valence-corrected chi connectivity index (χ1v) is 12.0. The third-order valence-electron chi connectivity index (χ3n) is 6.59. The van der Waals surface area contributed by atoms with E-state index in [9.17, 15) is 22.0 Å². The predicted molar refractivity (Wildman–Crippen MR) is 127 cm³/mol. The maximum Gasteiger partial charge on any atom is 0.169 e. The van der Waals surface area contributed by atoms with E-state index in [0.29, 0.717) is 18.4 Å². The number of aryl methyl sites for hydroxylation is 2. The average Bonchev–Trinajstić information content (AvgIpc) is 3.23. The summed E-state index contributed by atoms with van der Waals surface area (Å²) in [5.41, 5.74) is -1.65. The quantitative estimate of drug-likeness (QED) is 0.127. The van der Waals surface area contributed by atoms with Gasteiger partial charge in [-0.3, -0.25) is 0 Å². The van der Waals surface area contributed by atoms with Gasteiger partial charge in [0.2, 0.25) is 0 Å². The van der Waals surface area contributed by atoms with E-state index in [1.54, 1.807) is 6.92 Å². The van der Waals surface area contributed by atoms with Crippen LogP contribution in [0.25, 0.3) is 22.8 Å². The number of unbranched alkanes of at least 4 members (excludes halogenated alkanes) is 2. The molecule has 0 fully saturated rings. The van der Waals surface area contributed by atoms with Crippen LogP contribution >= 0.6 is 0 Å². The molecule has 1 aliphatic rings. The van der Waals surface area contributed by atoms with Crippen molar-refractivity contribution in [3.8, 4) is 11.1 Å². The summed E-state index contributed by atoms with van der Waals surface area (Å²) in [5, 5.41) is 0. The van der Waals surface area contributed by atoms with Gasteiger partial charge in [-0.05, 0) is 60.1 Å². The molecule has 0 aliphatic heterocycles. The van der Waals surface area contributed by atoms with Crippen LogP contribution in [-0.4, -0.2) is 0 Å². The molecule has 0 N–H and O–H groups in total. The van der Waals surface area contributed by atoms with Crippen molar-refractivity contribution >= 4 is 11.7 Å². The minimum Gasteiger partial charge on any atom is -0.207 e. The lowest BCUT2D eigenvalue weighted by molar-refractivity contribution is 0.493. The van der Waals surface area contributed by atoms with Crippen molar-refractivity contribution in [2.75, 3.05) is 0 Å². The zero-order valence-corrected chi connectivity index (χ0v) is 20.0. The highest BCUT2D eigenvalue weighted by molar-refractivity contribution is 5.86. The minimum absolute atomic E-state index is 0.00579. The van der Waals surface area contributed by atoms with Crippen LogP contribution < -0.4 is 0 Å². The molecular formula is C29H25F7. The van der Waals surface area contributed by atoms with Gasteiger partial charge in [0.05, 0.1) is 5.56 Å². The van der Waals surface area contributed by atoms with Crippen molar-refractivity contribution in [3.05, 3.63) is 92.8 Å². The first-order chi connectivity index (χ1) is 17.2. The van der Waals surface area contributed by atoms with Crippen LogP contribution in [0.2, 0.25) is 0 Å². The van der Waals surface area contributed by atoms with Gasteiger partial charge in [0.25, 0.3) is 0 Å². The third kappa shape index (κ3) is 4.56. The second-order valence-corrected chi connectivity index (χ2v) is 9.10. The summed E-state index contributed by atoms with van der Waals surface area (Å²) in [7, 11) is 0. The lowest BCUT2D eigenvalue weighted by atomic mass is 9.98. The molecule has 0 saturated carbocycles. The molecule has 0 atom stereocenters. The monoisotopic (exact) mass is 506 g/mol. The Kier molecular flexibility index (Phi) is 7.57. The normalized spacial score (nSPS) is 13.0. The second-order valence-electron chi connectivity index (χ2n) is 9.10. The maximum absolute atomic E-state index is 15.1. The van der Waals surface area contributed by atoms with Crippen molar-refractivity contribution in [1.82, 2.24) is 0 Å². The molecule has 7 heteroatoms. The van der Waals surface area contributed by atoms with Crippen LogP contribution in [0.5, 0.6) is 0 Å². The molecule has 1 aliphatic carbocycles. The van der Waals surface area contributed by atoms with Gasteiger partial charge in [0.1, 0.15) is 5.82 Å². The van der Waals surface area contributed by atoms with Gasteiger partial charge in [0, 0.05) is 16.7 Å². The molecule has 0 aromatic heterocycles. The summed E-state index contributed by atoms with van der Waals surface area (Å²) in [4.78, 5) is 0. The average molecular weight is 507 g/mol. The Morgan fingerprint density at radius 2 is 1.33 bits per heavy atom. The largest absolute Gasteiger partial charge is 0.207 e. The molecule has 0 radical (unpaired) electrons. The summed E-state index contributed by atoms with van der Waals surface area (Å²) in [5.74, 6) is -9.73. The summed E-state index contributed by atoms with van der Waals surface area (Å²) < 4.78 is 104. The van der Waals surface area contributed by atoms with Gasteiger partial charge in [0.15, 0.2) is 34.9 Å². The number of rotatable bonds is 8. The van der Waals surface area contributed by atoms with E-state index >= 15 is 8.78 Å². The van der Waals surface area contributed by atoms with E-state index < -0.39 is 63.0 Å². The van der Waals surface area contributed by atoms with E-state index in [1.807, 2.05) is 6.92 Å². The standard InChI is InChI=1S/C29H25F7/c1-3-5-6-8-15-9-10-17(14-21(15)30)24(31)26(33)20-13-19-12-18-11-16(7-4-2)25(32)28(35)22(18)23(19)29(36)27(20)34/h9-11,13-14H,3-8,12H2,1-2H3/b26-24+. The van der Waals surface area contributed by atoms with Crippen LogP contribution in [0, 0.1) is 29.1 Å². The predicted octanol–water partition coefficient (Wildman–Crippen LogP) is 9.40. The van der Waals surface area contributed by atoms with Crippen molar-refractivity contribution in [1.29, 1.82) is 0 Å². The Labute approximate surface area is 205 Å². The highest BCUT2D eigenvalue weighted by atomic mass is 19.2. The Hall–Kier alpha value is -3.09. The number of hydrogen-bond acceptors (Lipinski definition) is 0. The van der Waals surface area contributed by atoms with E-state index in [-0.39, 0.29) is 29.5 Å². The summed E-state index contributed by atoms with van der Waals surface area (Å²) in [6.07, 6.45) is 3.72. The molecular weight excluding hydrogens is 481 g/mol. The van der Waals surface area contributed by atoms with Crippen LogP contribution in [0.1, 0.15) is 72.9 Å². The van der Waals surface area contributed by atoms with Crippen LogP contribution in [0.4, 0.5) is 30.7 Å². The molecule has 190 valence electrons. The highest BCUT2D eigenvalue weighted by Crippen LogP contribution is 2.45. The molecule has 3 aromatic carbocycles. The molecule has 0 spiro atoms.